The molecule has 4 rings (SSSR count). The van der Waals surface area contributed by atoms with Crippen LogP contribution < -0.4 is 5.73 Å². The average Bonchev–Trinajstić information content (AvgIpc) is 3.10. The minimum absolute atomic E-state index is 0.173. The van der Waals surface area contributed by atoms with Crippen molar-refractivity contribution in [2.75, 3.05) is 12.3 Å². The Balaban J connectivity index is 1.92. The Morgan fingerprint density at radius 1 is 1.17 bits per heavy atom. The van der Waals surface area contributed by atoms with Crippen molar-refractivity contribution in [1.82, 2.24) is 9.97 Å². The molecule has 0 amide bonds. The smallest absolute Gasteiger partial charge is 0.135 e. The molecular weight excluding hydrogens is 226 g/mol. The molecule has 2 aromatic rings. The molecule has 1 aliphatic heterocycles. The van der Waals surface area contributed by atoms with E-state index in [-0.39, 0.29) is 6.10 Å². The quantitative estimate of drug-likeness (QED) is 0.877. The minimum Gasteiger partial charge on any atom is -0.383 e. The Morgan fingerprint density at radius 3 is 2.67 bits per heavy atom. The molecule has 1 aromatic heterocycles. The van der Waals surface area contributed by atoms with Crippen molar-refractivity contribution in [1.29, 1.82) is 0 Å². The monoisotopic (exact) mass is 241 g/mol. The van der Waals surface area contributed by atoms with Crippen molar-refractivity contribution in [2.24, 2.45) is 0 Å². The van der Waals surface area contributed by atoms with Crippen molar-refractivity contribution >= 4 is 16.7 Å². The van der Waals surface area contributed by atoms with Crippen LogP contribution >= 0.6 is 0 Å². The van der Waals surface area contributed by atoms with Crippen molar-refractivity contribution in [3.05, 3.63) is 29.6 Å². The molecule has 0 radical (unpaired) electrons. The molecular formula is C14H15N3O. The molecule has 2 N–H and O–H groups in total. The summed E-state index contributed by atoms with van der Waals surface area (Å²) >= 11 is 0. The second kappa shape index (κ2) is 3.65. The minimum atomic E-state index is 0.173. The van der Waals surface area contributed by atoms with Crippen LogP contribution in [0.4, 0.5) is 5.82 Å². The zero-order valence-electron chi connectivity index (χ0n) is 10.1. The van der Waals surface area contributed by atoms with Gasteiger partial charge in [0.25, 0.3) is 0 Å². The number of rotatable bonds is 2. The van der Waals surface area contributed by atoms with Crippen LogP contribution in [0.15, 0.2) is 18.2 Å². The maximum absolute atomic E-state index is 6.13. The van der Waals surface area contributed by atoms with Gasteiger partial charge in [-0.2, -0.15) is 0 Å². The van der Waals surface area contributed by atoms with E-state index in [2.05, 4.69) is 16.0 Å². The summed E-state index contributed by atoms with van der Waals surface area (Å²) in [6.45, 7) is 0.835. The first-order chi connectivity index (χ1) is 8.83. The number of nitrogen functional groups attached to an aromatic ring is 1. The fourth-order valence-electron chi connectivity index (χ4n) is 2.53. The van der Waals surface area contributed by atoms with Gasteiger partial charge in [-0.25, -0.2) is 9.97 Å². The number of anilines is 1. The third-order valence-electron chi connectivity index (χ3n) is 3.79. The molecule has 1 saturated carbocycles. The summed E-state index contributed by atoms with van der Waals surface area (Å²) in [5.74, 6) is 2.04. The lowest BCUT2D eigenvalue weighted by Crippen LogP contribution is -2.19. The van der Waals surface area contributed by atoms with E-state index in [9.17, 15) is 0 Å². The van der Waals surface area contributed by atoms with Crippen LogP contribution in [-0.4, -0.2) is 16.6 Å². The van der Waals surface area contributed by atoms with Crippen molar-refractivity contribution < 1.29 is 4.74 Å². The van der Waals surface area contributed by atoms with Gasteiger partial charge in [0.2, 0.25) is 0 Å². The second-order valence-corrected chi connectivity index (χ2v) is 5.13. The lowest BCUT2D eigenvalue weighted by Gasteiger charge is -2.28. The highest BCUT2D eigenvalue weighted by atomic mass is 16.5. The topological polar surface area (TPSA) is 61.0 Å². The molecule has 2 aliphatic rings. The second-order valence-electron chi connectivity index (χ2n) is 5.13. The first-order valence-corrected chi connectivity index (χ1v) is 6.50. The highest BCUT2D eigenvalue weighted by Gasteiger charge is 2.29. The summed E-state index contributed by atoms with van der Waals surface area (Å²) < 4.78 is 5.56. The first kappa shape index (κ1) is 10.3. The van der Waals surface area contributed by atoms with Crippen molar-refractivity contribution in [3.8, 4) is 0 Å². The molecule has 1 aromatic carbocycles. The highest BCUT2D eigenvalue weighted by Crippen LogP contribution is 2.41. The van der Waals surface area contributed by atoms with Crippen LogP contribution in [-0.2, 0) is 4.74 Å². The van der Waals surface area contributed by atoms with Gasteiger partial charge >= 0.3 is 0 Å². The number of hydrogen-bond acceptors (Lipinski definition) is 4. The van der Waals surface area contributed by atoms with Crippen LogP contribution in [0.5, 0.6) is 0 Å². The number of aromatic nitrogens is 2. The van der Waals surface area contributed by atoms with Gasteiger partial charge in [-0.15, -0.1) is 0 Å². The van der Waals surface area contributed by atoms with Crippen LogP contribution in [0.25, 0.3) is 10.9 Å². The maximum Gasteiger partial charge on any atom is 0.135 e. The Hall–Kier alpha value is -1.68. The van der Waals surface area contributed by atoms with Crippen molar-refractivity contribution in [3.63, 3.8) is 0 Å². The van der Waals surface area contributed by atoms with Gasteiger partial charge in [0.1, 0.15) is 11.6 Å². The number of nitrogens with zero attached hydrogens (tertiary/aromatic N) is 2. The summed E-state index contributed by atoms with van der Waals surface area (Å²) in [6, 6.07) is 6.12. The van der Waals surface area contributed by atoms with E-state index in [4.69, 9.17) is 10.5 Å². The Kier molecular flexibility index (Phi) is 2.08. The van der Waals surface area contributed by atoms with E-state index < -0.39 is 0 Å². The van der Waals surface area contributed by atoms with Gasteiger partial charge in [-0.1, -0.05) is 12.1 Å². The third kappa shape index (κ3) is 1.49. The molecule has 2 heterocycles. The largest absolute Gasteiger partial charge is 0.383 e. The van der Waals surface area contributed by atoms with Gasteiger partial charge in [-0.05, 0) is 24.5 Å². The Labute approximate surface area is 105 Å². The van der Waals surface area contributed by atoms with Gasteiger partial charge in [-0.3, -0.25) is 0 Å². The molecule has 0 spiro atoms. The van der Waals surface area contributed by atoms with E-state index in [0.717, 1.165) is 35.3 Å². The van der Waals surface area contributed by atoms with Crippen LogP contribution in [0.3, 0.4) is 0 Å². The first-order valence-electron chi connectivity index (χ1n) is 6.50. The molecule has 4 heteroatoms. The van der Waals surface area contributed by atoms with Gasteiger partial charge < -0.3 is 10.5 Å². The molecule has 92 valence electrons. The zero-order chi connectivity index (χ0) is 12.1. The van der Waals surface area contributed by atoms with Gasteiger partial charge in [0, 0.05) is 17.7 Å². The lowest BCUT2D eigenvalue weighted by molar-refractivity contribution is -0.0518. The van der Waals surface area contributed by atoms with E-state index in [1.165, 1.54) is 12.8 Å². The standard InChI is InChI=1S/C14H15N3O/c15-13-12-9(11-6-7-18-11)2-1-3-10(12)16-14(17-13)8-4-5-8/h1-3,8,11H,4-7H2,(H2,15,16,17). The SMILES string of the molecule is Nc1nc(C2CC2)nc2cccc(C3CCO3)c12. The number of fused-ring (bicyclic) bond motifs is 1. The third-order valence-corrected chi connectivity index (χ3v) is 3.79. The fourth-order valence-corrected chi connectivity index (χ4v) is 2.53. The summed E-state index contributed by atoms with van der Waals surface area (Å²) in [6.07, 6.45) is 3.61. The van der Waals surface area contributed by atoms with Gasteiger partial charge in [0.15, 0.2) is 0 Å². The summed E-state index contributed by atoms with van der Waals surface area (Å²) in [4.78, 5) is 9.13. The van der Waals surface area contributed by atoms with E-state index in [1.807, 2.05) is 12.1 Å². The van der Waals surface area contributed by atoms with E-state index in [0.29, 0.717) is 11.7 Å². The normalized spacial score (nSPS) is 23.0. The number of nitrogens with two attached hydrogens (primary N) is 1. The molecule has 1 atom stereocenters. The lowest BCUT2D eigenvalue weighted by atomic mass is 9.98. The van der Waals surface area contributed by atoms with Gasteiger partial charge in [0.05, 0.1) is 18.2 Å². The number of ether oxygens (including phenoxy) is 1. The molecule has 4 nitrogen and oxygen atoms in total. The molecule has 0 bridgehead atoms. The zero-order valence-corrected chi connectivity index (χ0v) is 10.1. The average molecular weight is 241 g/mol. The Bertz CT molecular complexity index is 618. The predicted octanol–water partition coefficient (Wildman–Crippen LogP) is 2.55. The van der Waals surface area contributed by atoms with Crippen LogP contribution in [0.1, 0.15) is 42.7 Å². The molecule has 1 unspecified atom stereocenters. The fraction of sp³-hybridized carbons (Fsp3) is 0.429. The van der Waals surface area contributed by atoms with Crippen LogP contribution in [0, 0.1) is 0 Å². The summed E-state index contributed by atoms with van der Waals surface area (Å²) in [5.41, 5.74) is 8.23. The number of hydrogen-bond donors (Lipinski definition) is 1. The molecule has 1 aliphatic carbocycles. The van der Waals surface area contributed by atoms with E-state index >= 15 is 0 Å². The van der Waals surface area contributed by atoms with Crippen LogP contribution in [0.2, 0.25) is 0 Å². The molecule has 1 saturated heterocycles. The number of benzene rings is 1. The Morgan fingerprint density at radius 2 is 2.00 bits per heavy atom. The molecule has 2 fully saturated rings. The van der Waals surface area contributed by atoms with Crippen molar-refractivity contribution in [2.45, 2.75) is 31.3 Å². The van der Waals surface area contributed by atoms with E-state index in [1.54, 1.807) is 0 Å². The highest BCUT2D eigenvalue weighted by molar-refractivity contribution is 5.91. The predicted molar refractivity (Wildman–Crippen MR) is 69.2 cm³/mol. The molecule has 18 heavy (non-hydrogen) atoms. The summed E-state index contributed by atoms with van der Waals surface area (Å²) in [7, 11) is 0. The maximum atomic E-state index is 6.13. The summed E-state index contributed by atoms with van der Waals surface area (Å²) in [5, 5.41) is 0.978.